The van der Waals surface area contributed by atoms with Crippen molar-refractivity contribution in [3.63, 3.8) is 0 Å². The molecule has 1 aromatic rings. The Morgan fingerprint density at radius 3 is 2.82 bits per heavy atom. The van der Waals surface area contributed by atoms with Crippen LogP contribution < -0.4 is 0 Å². The van der Waals surface area contributed by atoms with Gasteiger partial charge in [-0.1, -0.05) is 17.7 Å². The summed E-state index contributed by atoms with van der Waals surface area (Å²) in [6.07, 6.45) is 1.80. The van der Waals surface area contributed by atoms with E-state index in [0.717, 1.165) is 4.90 Å². The fraction of sp³-hybridized carbons (Fsp3) is 0.273. The van der Waals surface area contributed by atoms with Crippen LogP contribution in [0.4, 0.5) is 9.18 Å². The minimum atomic E-state index is -0.500. The molecule has 17 heavy (non-hydrogen) atoms. The molecule has 0 N–H and O–H groups in total. The maximum absolute atomic E-state index is 13.0. The van der Waals surface area contributed by atoms with Gasteiger partial charge < -0.3 is 4.90 Å². The maximum Gasteiger partial charge on any atom is 0.333 e. The number of benzene rings is 1. The zero-order chi connectivity index (χ0) is 12.6. The second-order valence-electron chi connectivity index (χ2n) is 3.79. The lowest BCUT2D eigenvalue weighted by Crippen LogP contribution is -2.26. The zero-order valence-corrected chi connectivity index (χ0v) is 9.78. The minimum Gasteiger partial charge on any atom is -0.318 e. The molecule has 1 fully saturated rings. The highest BCUT2D eigenvalue weighted by atomic mass is 35.5. The monoisotopic (exact) mass is 253 g/mol. The van der Waals surface area contributed by atoms with Crippen LogP contribution in [0.25, 0.3) is 0 Å². The summed E-state index contributed by atoms with van der Waals surface area (Å²) >= 11 is 5.69. The second kappa shape index (κ2) is 4.22. The fourth-order valence-corrected chi connectivity index (χ4v) is 2.02. The van der Waals surface area contributed by atoms with E-state index in [1.807, 2.05) is 0 Å². The topological polar surface area (TPSA) is 47.3 Å². The van der Waals surface area contributed by atoms with Crippen molar-refractivity contribution in [3.05, 3.63) is 34.6 Å². The number of hydrogen-bond donors (Lipinski definition) is 0. The lowest BCUT2D eigenvalue weighted by Gasteiger charge is -2.18. The molecule has 4 nitrogen and oxygen atoms in total. The van der Waals surface area contributed by atoms with Crippen molar-refractivity contribution in [1.82, 2.24) is 9.80 Å². The van der Waals surface area contributed by atoms with E-state index in [1.165, 1.54) is 17.0 Å². The van der Waals surface area contributed by atoms with Crippen molar-refractivity contribution in [2.24, 2.45) is 0 Å². The van der Waals surface area contributed by atoms with Gasteiger partial charge in [0.15, 0.2) is 6.19 Å². The predicted molar refractivity (Wildman–Crippen MR) is 59.6 cm³/mol. The van der Waals surface area contributed by atoms with Crippen LogP contribution in [0.2, 0.25) is 5.02 Å². The van der Waals surface area contributed by atoms with Crippen LogP contribution in [0.15, 0.2) is 18.2 Å². The molecule has 6 heteroatoms. The average molecular weight is 254 g/mol. The number of rotatable bonds is 1. The van der Waals surface area contributed by atoms with Crippen LogP contribution in [0, 0.1) is 17.3 Å². The minimum absolute atomic E-state index is 0.0127. The van der Waals surface area contributed by atoms with Crippen molar-refractivity contribution in [1.29, 1.82) is 5.26 Å². The van der Waals surface area contributed by atoms with Gasteiger partial charge in [0.05, 0.1) is 17.6 Å². The molecule has 0 spiro atoms. The first-order valence-electron chi connectivity index (χ1n) is 4.93. The third-order valence-corrected chi connectivity index (χ3v) is 3.09. The summed E-state index contributed by atoms with van der Waals surface area (Å²) in [7, 11) is 1.60. The van der Waals surface area contributed by atoms with E-state index >= 15 is 0 Å². The van der Waals surface area contributed by atoms with Crippen LogP contribution in [0.5, 0.6) is 0 Å². The van der Waals surface area contributed by atoms with Gasteiger partial charge in [0.25, 0.3) is 0 Å². The predicted octanol–water partition coefficient (Wildman–Crippen LogP) is 2.37. The van der Waals surface area contributed by atoms with E-state index in [-0.39, 0.29) is 23.6 Å². The Kier molecular flexibility index (Phi) is 2.90. The normalized spacial score (nSPS) is 19.6. The van der Waals surface area contributed by atoms with Gasteiger partial charge in [-0.25, -0.2) is 14.1 Å². The second-order valence-corrected chi connectivity index (χ2v) is 4.20. The molecule has 0 aliphatic carbocycles. The van der Waals surface area contributed by atoms with Crippen molar-refractivity contribution in [2.45, 2.75) is 6.04 Å². The van der Waals surface area contributed by atoms with E-state index in [9.17, 15) is 9.18 Å². The number of carbonyl (C=O) groups excluding carboxylic acids is 1. The van der Waals surface area contributed by atoms with Crippen molar-refractivity contribution in [2.75, 3.05) is 13.6 Å². The van der Waals surface area contributed by atoms with Crippen LogP contribution in [-0.2, 0) is 0 Å². The molecule has 0 bridgehead atoms. The number of amides is 2. The van der Waals surface area contributed by atoms with Crippen LogP contribution in [0.3, 0.4) is 0 Å². The summed E-state index contributed by atoms with van der Waals surface area (Å²) in [5.41, 5.74) is 0.713. The van der Waals surface area contributed by atoms with Crippen LogP contribution in [-0.4, -0.2) is 29.4 Å². The fourth-order valence-electron chi connectivity index (χ4n) is 1.83. The molecule has 1 heterocycles. The first-order valence-corrected chi connectivity index (χ1v) is 5.31. The molecule has 88 valence electrons. The van der Waals surface area contributed by atoms with Gasteiger partial charge in [-0.05, 0) is 17.7 Å². The van der Waals surface area contributed by atoms with Crippen LogP contribution >= 0.6 is 11.6 Å². The standard InChI is InChI=1S/C11H9ClFN3O/c1-15-10(5-16(6-14)11(15)17)7-2-3-9(13)8(12)4-7/h2-4,10H,5H2,1H3. The van der Waals surface area contributed by atoms with E-state index in [0.29, 0.717) is 5.56 Å². The maximum atomic E-state index is 13.0. The summed E-state index contributed by atoms with van der Waals surface area (Å²) in [6, 6.07) is 3.66. The number of urea groups is 1. The zero-order valence-electron chi connectivity index (χ0n) is 9.02. The molecule has 2 amide bonds. The quantitative estimate of drug-likeness (QED) is 0.722. The Hall–Kier alpha value is -1.80. The molecule has 1 unspecified atom stereocenters. The van der Waals surface area contributed by atoms with E-state index in [2.05, 4.69) is 0 Å². The van der Waals surface area contributed by atoms with Gasteiger partial charge in [-0.3, -0.25) is 0 Å². The van der Waals surface area contributed by atoms with Gasteiger partial charge in [0.1, 0.15) is 5.82 Å². The molecule has 1 aromatic carbocycles. The smallest absolute Gasteiger partial charge is 0.318 e. The summed E-state index contributed by atoms with van der Waals surface area (Å²) in [5.74, 6) is -0.500. The highest BCUT2D eigenvalue weighted by Gasteiger charge is 2.35. The molecule has 2 rings (SSSR count). The van der Waals surface area contributed by atoms with E-state index in [4.69, 9.17) is 16.9 Å². The molecular weight excluding hydrogens is 245 g/mol. The third-order valence-electron chi connectivity index (χ3n) is 2.80. The molecule has 0 radical (unpaired) electrons. The SMILES string of the molecule is CN1C(=O)N(C#N)CC1c1ccc(F)c(Cl)c1. The molecule has 0 aromatic heterocycles. The summed E-state index contributed by atoms with van der Waals surface area (Å²) in [6.45, 7) is 0.258. The molecular formula is C11H9ClFN3O. The Bertz CT molecular complexity index is 514. The van der Waals surface area contributed by atoms with Crippen molar-refractivity contribution >= 4 is 17.6 Å². The average Bonchev–Trinajstić information content (AvgIpc) is 2.60. The summed E-state index contributed by atoms with van der Waals surface area (Å²) in [5, 5.41) is 8.77. The number of nitrogens with zero attached hydrogens (tertiary/aromatic N) is 3. The van der Waals surface area contributed by atoms with E-state index in [1.54, 1.807) is 19.3 Å². The molecule has 1 aliphatic heterocycles. The number of halogens is 2. The lowest BCUT2D eigenvalue weighted by molar-refractivity contribution is 0.205. The van der Waals surface area contributed by atoms with Crippen molar-refractivity contribution in [3.8, 4) is 6.19 Å². The van der Waals surface area contributed by atoms with E-state index < -0.39 is 5.82 Å². The molecule has 1 atom stereocenters. The molecule has 1 aliphatic rings. The number of nitriles is 1. The molecule has 0 saturated carbocycles. The van der Waals surface area contributed by atoms with Crippen molar-refractivity contribution < 1.29 is 9.18 Å². The number of hydrogen-bond acceptors (Lipinski definition) is 2. The van der Waals surface area contributed by atoms with Gasteiger partial charge in [0.2, 0.25) is 0 Å². The largest absolute Gasteiger partial charge is 0.333 e. The Morgan fingerprint density at radius 1 is 1.59 bits per heavy atom. The van der Waals surface area contributed by atoms with Crippen LogP contribution in [0.1, 0.15) is 11.6 Å². The van der Waals surface area contributed by atoms with Gasteiger partial charge in [-0.15, -0.1) is 0 Å². The third kappa shape index (κ3) is 1.92. The number of carbonyl (C=O) groups is 1. The Labute approximate surface area is 103 Å². The highest BCUT2D eigenvalue weighted by Crippen LogP contribution is 2.29. The molecule has 1 saturated heterocycles. The first kappa shape index (κ1) is 11.7. The Balaban J connectivity index is 2.33. The lowest BCUT2D eigenvalue weighted by atomic mass is 10.1. The summed E-state index contributed by atoms with van der Waals surface area (Å²) < 4.78 is 13.0. The van der Waals surface area contributed by atoms with Gasteiger partial charge >= 0.3 is 6.03 Å². The first-order chi connectivity index (χ1) is 8.04. The van der Waals surface area contributed by atoms with Gasteiger partial charge in [0, 0.05) is 7.05 Å². The highest BCUT2D eigenvalue weighted by molar-refractivity contribution is 6.30. The summed E-state index contributed by atoms with van der Waals surface area (Å²) in [4.78, 5) is 14.1. The van der Waals surface area contributed by atoms with Gasteiger partial charge in [-0.2, -0.15) is 5.26 Å². The Morgan fingerprint density at radius 2 is 2.29 bits per heavy atom. The number of likely N-dealkylation sites (N-methyl/N-ethyl adjacent to an activating group) is 1.